The van der Waals surface area contributed by atoms with E-state index in [1.807, 2.05) is 27.7 Å². The van der Waals surface area contributed by atoms with Crippen LogP contribution in [-0.2, 0) is 9.31 Å². The van der Waals surface area contributed by atoms with Gasteiger partial charge in [-0.3, -0.25) is 4.79 Å². The third-order valence-corrected chi connectivity index (χ3v) is 4.74. The molecule has 0 bridgehead atoms. The molecule has 0 radical (unpaired) electrons. The zero-order valence-corrected chi connectivity index (χ0v) is 14.3. The van der Waals surface area contributed by atoms with Crippen LogP contribution < -0.4 is 5.46 Å². The fraction of sp³-hybridized carbons (Fsp3) is 0.438. The lowest BCUT2D eigenvalue weighted by Crippen LogP contribution is -2.41. The number of Topliss-reactive ketones (excluding diaryl/α,β-unsaturated/α-hetero) is 1. The maximum Gasteiger partial charge on any atom is 0.494 e. The van der Waals surface area contributed by atoms with Crippen molar-refractivity contribution in [2.45, 2.75) is 45.8 Å². The number of benzene rings is 1. The lowest BCUT2D eigenvalue weighted by Gasteiger charge is -2.32. The van der Waals surface area contributed by atoms with Gasteiger partial charge < -0.3 is 14.4 Å². The second kappa shape index (κ2) is 5.16. The van der Waals surface area contributed by atoms with Crippen molar-refractivity contribution in [1.29, 1.82) is 0 Å². The molecule has 1 aromatic heterocycles. The summed E-state index contributed by atoms with van der Waals surface area (Å²) in [5.74, 6) is -0.300. The van der Waals surface area contributed by atoms with Crippen LogP contribution >= 0.6 is 0 Å². The summed E-state index contributed by atoms with van der Waals surface area (Å²) in [6.07, 6.45) is -1.24. The maximum atomic E-state index is 11.8. The number of carbonyl (C=O) groups is 2. The molecule has 126 valence electrons. The minimum atomic E-state index is -1.24. The molecule has 0 amide bonds. The summed E-state index contributed by atoms with van der Waals surface area (Å²) in [6.45, 7) is 9.17. The van der Waals surface area contributed by atoms with Gasteiger partial charge in [0.2, 0.25) is 0 Å². The van der Waals surface area contributed by atoms with Crippen LogP contribution in [-0.4, -0.2) is 45.1 Å². The highest BCUT2D eigenvalue weighted by Gasteiger charge is 2.51. The number of ketones is 1. The molecule has 2 aromatic rings. The van der Waals surface area contributed by atoms with Gasteiger partial charge in [-0.15, -0.1) is 0 Å². The number of carbonyl (C=O) groups excluding carboxylic acids is 1. The van der Waals surface area contributed by atoms with Crippen LogP contribution in [0.15, 0.2) is 18.2 Å². The molecule has 0 spiro atoms. The number of nitrogens with zero attached hydrogens (tertiary/aromatic N) is 2. The smallest absolute Gasteiger partial charge is 0.463 e. The molecule has 24 heavy (non-hydrogen) atoms. The van der Waals surface area contributed by atoms with Crippen molar-refractivity contribution in [3.63, 3.8) is 0 Å². The molecule has 1 aromatic carbocycles. The molecule has 3 rings (SSSR count). The van der Waals surface area contributed by atoms with E-state index in [-0.39, 0.29) is 11.5 Å². The number of fused-ring (bicyclic) bond motifs is 1. The Hall–Kier alpha value is -2.19. The van der Waals surface area contributed by atoms with Crippen LogP contribution in [0.1, 0.15) is 45.1 Å². The lowest BCUT2D eigenvalue weighted by atomic mass is 9.78. The number of aromatic nitrogens is 2. The van der Waals surface area contributed by atoms with Crippen molar-refractivity contribution in [2.24, 2.45) is 0 Å². The molecule has 1 aliphatic rings. The van der Waals surface area contributed by atoms with Crippen LogP contribution in [0.3, 0.4) is 0 Å². The van der Waals surface area contributed by atoms with Crippen molar-refractivity contribution >= 4 is 35.4 Å². The number of hydrogen-bond donors (Lipinski definition) is 1. The molecular weight excluding hydrogens is 311 g/mol. The zero-order chi connectivity index (χ0) is 17.9. The highest BCUT2D eigenvalue weighted by atomic mass is 16.7. The SMILES string of the molecule is CC(=O)c1nn(C(=O)O)c2ccc(B3OC(C)(C)C(C)(C)O3)cc12. The Morgan fingerprint density at radius 2 is 1.75 bits per heavy atom. The van der Waals surface area contributed by atoms with Crippen molar-refractivity contribution in [3.05, 3.63) is 23.9 Å². The molecule has 8 heteroatoms. The summed E-state index contributed by atoms with van der Waals surface area (Å²) < 4.78 is 12.8. The summed E-state index contributed by atoms with van der Waals surface area (Å²) in [6, 6.07) is 5.05. The summed E-state index contributed by atoms with van der Waals surface area (Å²) >= 11 is 0. The van der Waals surface area contributed by atoms with Gasteiger partial charge >= 0.3 is 13.2 Å². The van der Waals surface area contributed by atoms with Gasteiger partial charge in [-0.1, -0.05) is 12.1 Å². The van der Waals surface area contributed by atoms with E-state index in [0.717, 1.165) is 4.68 Å². The van der Waals surface area contributed by atoms with E-state index < -0.39 is 24.4 Å². The van der Waals surface area contributed by atoms with E-state index in [9.17, 15) is 14.7 Å². The van der Waals surface area contributed by atoms with Crippen LogP contribution in [0, 0.1) is 0 Å². The van der Waals surface area contributed by atoms with Crippen LogP contribution in [0.25, 0.3) is 10.9 Å². The third-order valence-electron chi connectivity index (χ3n) is 4.74. The first kappa shape index (κ1) is 16.7. The Morgan fingerprint density at radius 3 is 2.25 bits per heavy atom. The number of carboxylic acid groups (broad SMARTS) is 1. The van der Waals surface area contributed by atoms with Gasteiger partial charge in [0.1, 0.15) is 5.69 Å². The van der Waals surface area contributed by atoms with Gasteiger partial charge in [-0.2, -0.15) is 9.78 Å². The summed E-state index contributed by atoms with van der Waals surface area (Å²) in [7, 11) is -0.590. The van der Waals surface area contributed by atoms with Crippen LogP contribution in [0.2, 0.25) is 0 Å². The minimum absolute atomic E-state index is 0.116. The Balaban J connectivity index is 2.11. The Kier molecular flexibility index (Phi) is 3.58. The molecular formula is C16H19BN2O5. The molecule has 1 N–H and O–H groups in total. The van der Waals surface area contributed by atoms with Gasteiger partial charge in [-0.25, -0.2) is 4.79 Å². The second-order valence-electron chi connectivity index (χ2n) is 6.96. The molecule has 1 saturated heterocycles. The van der Waals surface area contributed by atoms with E-state index in [4.69, 9.17) is 9.31 Å². The predicted molar refractivity (Wildman–Crippen MR) is 88.9 cm³/mol. The molecule has 1 fully saturated rings. The van der Waals surface area contributed by atoms with Crippen molar-refractivity contribution in [3.8, 4) is 0 Å². The van der Waals surface area contributed by atoms with Gasteiger partial charge in [0.05, 0.1) is 16.7 Å². The van der Waals surface area contributed by atoms with E-state index in [2.05, 4.69) is 5.10 Å². The molecule has 0 saturated carbocycles. The van der Waals surface area contributed by atoms with Crippen molar-refractivity contribution < 1.29 is 24.0 Å². The van der Waals surface area contributed by atoms with Gasteiger partial charge in [0, 0.05) is 12.3 Å². The largest absolute Gasteiger partial charge is 0.494 e. The monoisotopic (exact) mass is 330 g/mol. The lowest BCUT2D eigenvalue weighted by molar-refractivity contribution is 0.00578. The third kappa shape index (κ3) is 2.42. The van der Waals surface area contributed by atoms with E-state index in [0.29, 0.717) is 16.4 Å². The van der Waals surface area contributed by atoms with E-state index >= 15 is 0 Å². The van der Waals surface area contributed by atoms with Gasteiger partial charge in [0.25, 0.3) is 0 Å². The molecule has 1 aliphatic heterocycles. The zero-order valence-electron chi connectivity index (χ0n) is 14.3. The summed E-state index contributed by atoms with van der Waals surface area (Å²) in [4.78, 5) is 23.1. The topological polar surface area (TPSA) is 90.7 Å². The Labute approximate surface area is 139 Å². The average Bonchev–Trinajstić information content (AvgIpc) is 2.93. The van der Waals surface area contributed by atoms with Crippen molar-refractivity contribution in [1.82, 2.24) is 9.78 Å². The predicted octanol–water partition coefficient (Wildman–Crippen LogP) is 2.06. The number of hydrogen-bond acceptors (Lipinski definition) is 5. The normalized spacial score (nSPS) is 19.0. The highest BCUT2D eigenvalue weighted by molar-refractivity contribution is 6.62. The Bertz CT molecular complexity index is 840. The maximum absolute atomic E-state index is 11.8. The molecule has 0 atom stereocenters. The highest BCUT2D eigenvalue weighted by Crippen LogP contribution is 2.36. The van der Waals surface area contributed by atoms with Gasteiger partial charge in [0.15, 0.2) is 5.78 Å². The van der Waals surface area contributed by atoms with Crippen LogP contribution in [0.5, 0.6) is 0 Å². The molecule has 7 nitrogen and oxygen atoms in total. The van der Waals surface area contributed by atoms with Crippen LogP contribution in [0.4, 0.5) is 4.79 Å². The van der Waals surface area contributed by atoms with Gasteiger partial charge in [-0.05, 0) is 39.2 Å². The summed E-state index contributed by atoms with van der Waals surface area (Å²) in [5, 5.41) is 13.6. The molecule has 2 heterocycles. The molecule has 0 unspecified atom stereocenters. The molecule has 0 aliphatic carbocycles. The van der Waals surface area contributed by atoms with E-state index in [1.165, 1.54) is 6.92 Å². The first-order valence-electron chi connectivity index (χ1n) is 7.66. The average molecular weight is 330 g/mol. The first-order valence-corrected chi connectivity index (χ1v) is 7.66. The van der Waals surface area contributed by atoms with Crippen molar-refractivity contribution in [2.75, 3.05) is 0 Å². The number of rotatable bonds is 2. The quantitative estimate of drug-likeness (QED) is 0.669. The minimum Gasteiger partial charge on any atom is -0.463 e. The fourth-order valence-electron chi connectivity index (χ4n) is 2.67. The fourth-order valence-corrected chi connectivity index (χ4v) is 2.67. The Morgan fingerprint density at radius 1 is 1.17 bits per heavy atom. The summed E-state index contributed by atoms with van der Waals surface area (Å²) in [5.41, 5.74) is 0.218. The second-order valence-corrected chi connectivity index (χ2v) is 6.96. The van der Waals surface area contributed by atoms with E-state index in [1.54, 1.807) is 18.2 Å². The first-order chi connectivity index (χ1) is 11.0. The standard InChI is InChI=1S/C16H19BN2O5/c1-9(20)13-11-8-10(6-7-12(11)19(18-13)14(21)22)17-23-15(2,3)16(4,5)24-17/h6-8H,1-5H3,(H,21,22).